The molecule has 1 amide bonds. The summed E-state index contributed by atoms with van der Waals surface area (Å²) in [7, 11) is 1.52. The number of nitrogens with one attached hydrogen (secondary N) is 1. The van der Waals surface area contributed by atoms with Gasteiger partial charge >= 0.3 is 5.97 Å². The Morgan fingerprint density at radius 3 is 2.77 bits per heavy atom. The fourth-order valence-corrected chi connectivity index (χ4v) is 3.64. The summed E-state index contributed by atoms with van der Waals surface area (Å²) in [4.78, 5) is 24.1. The zero-order valence-corrected chi connectivity index (χ0v) is 17.9. The Balaban J connectivity index is 1.62. The van der Waals surface area contributed by atoms with E-state index in [0.29, 0.717) is 35.3 Å². The molecule has 0 spiro atoms. The fourth-order valence-electron chi connectivity index (χ4n) is 3.64. The Morgan fingerprint density at radius 1 is 1.32 bits per heavy atom. The van der Waals surface area contributed by atoms with Gasteiger partial charge in [-0.15, -0.1) is 0 Å². The number of carbonyl (C=O) groups excluding carboxylic acids is 2. The number of ether oxygens (including phenoxy) is 2. The minimum Gasteiger partial charge on any atom is -0.507 e. The molecule has 0 unspecified atom stereocenters. The van der Waals surface area contributed by atoms with E-state index >= 15 is 0 Å². The minimum atomic E-state index is -0.535. The fraction of sp³-hybridized carbons (Fsp3) is 0.333. The first-order chi connectivity index (χ1) is 14.8. The molecular weight excluding hydrogens is 401 g/mol. The number of phenolic OH excluding ortho intramolecular Hbond substituents is 1. The molecule has 0 radical (unpaired) electrons. The smallest absolute Gasteiger partial charge is 0.342 e. The van der Waals surface area contributed by atoms with E-state index in [1.54, 1.807) is 18.2 Å². The van der Waals surface area contributed by atoms with Gasteiger partial charge in [0.2, 0.25) is 5.91 Å². The molecular formula is C24H26FNO5. The van der Waals surface area contributed by atoms with E-state index in [-0.39, 0.29) is 42.6 Å². The number of cyclic esters (lactones) is 1. The van der Waals surface area contributed by atoms with E-state index in [2.05, 4.69) is 5.32 Å². The largest absolute Gasteiger partial charge is 0.507 e. The Labute approximate surface area is 180 Å². The number of hydrogen-bond acceptors (Lipinski definition) is 5. The van der Waals surface area contributed by atoms with Gasteiger partial charge in [0.25, 0.3) is 0 Å². The van der Waals surface area contributed by atoms with Crippen LogP contribution in [-0.4, -0.2) is 24.1 Å². The second kappa shape index (κ2) is 9.64. The van der Waals surface area contributed by atoms with Gasteiger partial charge in [-0.05, 0) is 38.3 Å². The third-order valence-electron chi connectivity index (χ3n) is 5.48. The summed E-state index contributed by atoms with van der Waals surface area (Å²) in [5.74, 6) is -0.645. The van der Waals surface area contributed by atoms with Crippen LogP contribution >= 0.6 is 0 Å². The van der Waals surface area contributed by atoms with E-state index < -0.39 is 5.97 Å². The van der Waals surface area contributed by atoms with Crippen LogP contribution in [0.3, 0.4) is 0 Å². The molecule has 1 aliphatic heterocycles. The lowest BCUT2D eigenvalue weighted by atomic mass is 9.94. The number of hydrogen-bond donors (Lipinski definition) is 2. The van der Waals surface area contributed by atoms with Gasteiger partial charge in [-0.2, -0.15) is 0 Å². The molecule has 0 aromatic heterocycles. The van der Waals surface area contributed by atoms with Crippen LogP contribution in [0.1, 0.15) is 52.4 Å². The number of aromatic hydroxyl groups is 1. The summed E-state index contributed by atoms with van der Waals surface area (Å²) >= 11 is 0. The highest BCUT2D eigenvalue weighted by Crippen LogP contribution is 2.42. The Kier molecular flexibility index (Phi) is 6.95. The number of fused-ring (bicyclic) bond motifs is 1. The van der Waals surface area contributed by atoms with Gasteiger partial charge in [0, 0.05) is 29.7 Å². The average molecular weight is 427 g/mol. The highest BCUT2D eigenvalue weighted by atomic mass is 19.1. The van der Waals surface area contributed by atoms with Crippen LogP contribution in [0.25, 0.3) is 0 Å². The molecule has 0 fully saturated rings. The third kappa shape index (κ3) is 4.87. The van der Waals surface area contributed by atoms with Gasteiger partial charge in [-0.25, -0.2) is 9.18 Å². The molecule has 3 rings (SSSR count). The number of benzene rings is 2. The zero-order chi connectivity index (χ0) is 22.5. The summed E-state index contributed by atoms with van der Waals surface area (Å²) in [6.07, 6.45) is 3.01. The van der Waals surface area contributed by atoms with Crippen LogP contribution in [0.15, 0.2) is 35.9 Å². The average Bonchev–Trinajstić information content (AvgIpc) is 3.15. The van der Waals surface area contributed by atoms with Crippen molar-refractivity contribution in [1.82, 2.24) is 5.32 Å². The van der Waals surface area contributed by atoms with E-state index in [4.69, 9.17) is 9.47 Å². The predicted octanol–water partition coefficient (Wildman–Crippen LogP) is 4.10. The molecule has 31 heavy (non-hydrogen) atoms. The van der Waals surface area contributed by atoms with Crippen LogP contribution in [0.4, 0.5) is 4.39 Å². The molecule has 0 saturated carbocycles. The quantitative estimate of drug-likeness (QED) is 0.489. The maximum absolute atomic E-state index is 13.6. The molecule has 0 saturated heterocycles. The van der Waals surface area contributed by atoms with Crippen molar-refractivity contribution < 1.29 is 28.6 Å². The van der Waals surface area contributed by atoms with Crippen molar-refractivity contribution in [2.75, 3.05) is 7.11 Å². The Morgan fingerprint density at radius 2 is 2.06 bits per heavy atom. The van der Waals surface area contributed by atoms with E-state index in [1.807, 2.05) is 19.9 Å². The van der Waals surface area contributed by atoms with Crippen molar-refractivity contribution in [3.05, 3.63) is 69.5 Å². The molecule has 0 atom stereocenters. The van der Waals surface area contributed by atoms with Crippen LogP contribution in [0, 0.1) is 12.7 Å². The van der Waals surface area contributed by atoms with Gasteiger partial charge in [0.15, 0.2) is 0 Å². The second-order valence-corrected chi connectivity index (χ2v) is 7.54. The van der Waals surface area contributed by atoms with E-state index in [0.717, 1.165) is 11.1 Å². The monoisotopic (exact) mass is 427 g/mol. The number of phenols is 1. The van der Waals surface area contributed by atoms with Gasteiger partial charge in [0.1, 0.15) is 29.5 Å². The molecule has 0 bridgehead atoms. The van der Waals surface area contributed by atoms with E-state index in [9.17, 15) is 19.1 Å². The number of halogens is 1. The molecule has 0 aliphatic carbocycles. The number of carbonyl (C=O) groups is 2. The lowest BCUT2D eigenvalue weighted by Crippen LogP contribution is -2.22. The molecule has 2 aromatic rings. The van der Waals surface area contributed by atoms with Crippen LogP contribution in [-0.2, 0) is 29.1 Å². The molecule has 2 N–H and O–H groups in total. The molecule has 2 aromatic carbocycles. The lowest BCUT2D eigenvalue weighted by Gasteiger charge is -2.15. The number of esters is 1. The topological polar surface area (TPSA) is 84.9 Å². The van der Waals surface area contributed by atoms with Crippen molar-refractivity contribution >= 4 is 11.9 Å². The number of methoxy groups -OCH3 is 1. The Hall–Kier alpha value is -3.35. The number of amides is 1. The van der Waals surface area contributed by atoms with Gasteiger partial charge < -0.3 is 19.9 Å². The minimum absolute atomic E-state index is 0.119. The summed E-state index contributed by atoms with van der Waals surface area (Å²) in [5, 5.41) is 13.4. The predicted molar refractivity (Wildman–Crippen MR) is 113 cm³/mol. The first-order valence-corrected chi connectivity index (χ1v) is 10.1. The summed E-state index contributed by atoms with van der Waals surface area (Å²) < 4.78 is 24.2. The van der Waals surface area contributed by atoms with Crippen LogP contribution in [0.2, 0.25) is 0 Å². The highest BCUT2D eigenvalue weighted by Gasteiger charge is 2.31. The van der Waals surface area contributed by atoms with Crippen LogP contribution < -0.4 is 10.1 Å². The van der Waals surface area contributed by atoms with Crippen molar-refractivity contribution in [3.63, 3.8) is 0 Å². The first kappa shape index (κ1) is 22.3. The SMILES string of the molecule is COc1c(C)c2c(c(O)c1CC=C(C)CCC(=O)NCc1ccccc1F)C(=O)OC2. The van der Waals surface area contributed by atoms with Gasteiger partial charge in [-0.1, -0.05) is 29.8 Å². The summed E-state index contributed by atoms with van der Waals surface area (Å²) in [6.45, 7) is 3.99. The molecule has 6 nitrogen and oxygen atoms in total. The Bertz CT molecular complexity index is 1040. The molecule has 164 valence electrons. The third-order valence-corrected chi connectivity index (χ3v) is 5.48. The zero-order valence-electron chi connectivity index (χ0n) is 17.9. The number of allylic oxidation sites excluding steroid dienone is 2. The lowest BCUT2D eigenvalue weighted by molar-refractivity contribution is -0.121. The van der Waals surface area contributed by atoms with Gasteiger partial charge in [-0.3, -0.25) is 4.79 Å². The maximum atomic E-state index is 13.6. The molecule has 7 heteroatoms. The highest BCUT2D eigenvalue weighted by molar-refractivity contribution is 5.98. The number of rotatable bonds is 8. The maximum Gasteiger partial charge on any atom is 0.342 e. The molecule has 1 heterocycles. The van der Waals surface area contributed by atoms with Gasteiger partial charge in [0.05, 0.1) is 7.11 Å². The van der Waals surface area contributed by atoms with Crippen molar-refractivity contribution in [1.29, 1.82) is 0 Å². The van der Waals surface area contributed by atoms with Crippen molar-refractivity contribution in [3.8, 4) is 11.5 Å². The summed E-state index contributed by atoms with van der Waals surface area (Å²) in [6, 6.07) is 6.32. The standard InChI is InChI=1S/C24H26FNO5/c1-14(9-11-20(27)26-12-16-6-4-5-7-19(16)25)8-10-17-22(28)21-18(13-31-24(21)29)15(2)23(17)30-3/h4-8,28H,9-13H2,1-3H3,(H,26,27). The first-order valence-electron chi connectivity index (χ1n) is 10.1. The second-order valence-electron chi connectivity index (χ2n) is 7.54. The van der Waals surface area contributed by atoms with Crippen LogP contribution in [0.5, 0.6) is 11.5 Å². The van der Waals surface area contributed by atoms with Crippen molar-refractivity contribution in [2.45, 2.75) is 46.3 Å². The normalized spacial score (nSPS) is 13.0. The van der Waals surface area contributed by atoms with E-state index in [1.165, 1.54) is 13.2 Å². The summed E-state index contributed by atoms with van der Waals surface area (Å²) in [5.41, 5.74) is 3.53. The van der Waals surface area contributed by atoms with Crippen molar-refractivity contribution in [2.24, 2.45) is 0 Å². The molecule has 1 aliphatic rings.